The van der Waals surface area contributed by atoms with Crippen molar-refractivity contribution in [2.45, 2.75) is 20.8 Å². The summed E-state index contributed by atoms with van der Waals surface area (Å²) in [5.74, 6) is 0. The van der Waals surface area contributed by atoms with Crippen LogP contribution < -0.4 is 0 Å². The number of benzene rings is 1. The molecule has 0 radical (unpaired) electrons. The normalized spacial score (nSPS) is 11.2. The van der Waals surface area contributed by atoms with Gasteiger partial charge in [0.2, 0.25) is 0 Å². The van der Waals surface area contributed by atoms with Crippen molar-refractivity contribution in [2.24, 2.45) is 0 Å². The quantitative estimate of drug-likeness (QED) is 0.542. The summed E-state index contributed by atoms with van der Waals surface area (Å²) in [5, 5.41) is 2.37. The molecule has 2 aromatic heterocycles. The molecule has 2 nitrogen and oxygen atoms in total. The number of aromatic nitrogens is 2. The van der Waals surface area contributed by atoms with E-state index in [0.29, 0.717) is 0 Å². The van der Waals surface area contributed by atoms with Gasteiger partial charge in [0.15, 0.2) is 0 Å². The van der Waals surface area contributed by atoms with Crippen LogP contribution in [0.15, 0.2) is 30.5 Å². The van der Waals surface area contributed by atoms with Crippen LogP contribution in [0.5, 0.6) is 0 Å². The van der Waals surface area contributed by atoms with E-state index in [1.54, 1.807) is 0 Å². The van der Waals surface area contributed by atoms with E-state index in [1.807, 2.05) is 19.2 Å². The number of hydrogen-bond donors (Lipinski definition) is 0. The molecule has 0 amide bonds. The van der Waals surface area contributed by atoms with Crippen LogP contribution in [0, 0.1) is 20.8 Å². The molecule has 3 rings (SSSR count). The maximum absolute atomic E-state index is 4.68. The second-order valence-corrected chi connectivity index (χ2v) is 4.56. The molecule has 0 aliphatic rings. The van der Waals surface area contributed by atoms with Gasteiger partial charge in [0.25, 0.3) is 0 Å². The Balaban J connectivity index is 2.59. The average Bonchev–Trinajstić information content (AvgIpc) is 2.32. The zero-order valence-corrected chi connectivity index (χ0v) is 10.3. The predicted molar refractivity (Wildman–Crippen MR) is 71.3 cm³/mol. The SMILES string of the molecule is Cc1cc2cc(C)c3cccnc3c2nc1C. The highest BCUT2D eigenvalue weighted by atomic mass is 14.7. The van der Waals surface area contributed by atoms with Crippen LogP contribution in [0.2, 0.25) is 0 Å². The number of nitrogens with zero attached hydrogens (tertiary/aromatic N) is 2. The third-order valence-corrected chi connectivity index (χ3v) is 3.32. The maximum Gasteiger partial charge on any atom is 0.0968 e. The Morgan fingerprint density at radius 3 is 2.53 bits per heavy atom. The zero-order chi connectivity index (χ0) is 12.0. The van der Waals surface area contributed by atoms with Gasteiger partial charge in [-0.3, -0.25) is 9.97 Å². The highest BCUT2D eigenvalue weighted by molar-refractivity contribution is 6.04. The lowest BCUT2D eigenvalue weighted by atomic mass is 10.0. The van der Waals surface area contributed by atoms with Gasteiger partial charge in [-0.1, -0.05) is 6.07 Å². The molecule has 0 fully saturated rings. The second kappa shape index (κ2) is 3.52. The molecule has 0 aliphatic heterocycles. The lowest BCUT2D eigenvalue weighted by Gasteiger charge is -2.08. The molecule has 0 aliphatic carbocycles. The third-order valence-electron chi connectivity index (χ3n) is 3.32. The Labute approximate surface area is 100 Å². The molecule has 0 saturated heterocycles. The average molecular weight is 222 g/mol. The van der Waals surface area contributed by atoms with Crippen LogP contribution >= 0.6 is 0 Å². The van der Waals surface area contributed by atoms with Crippen molar-refractivity contribution in [1.82, 2.24) is 9.97 Å². The topological polar surface area (TPSA) is 25.8 Å². The van der Waals surface area contributed by atoms with Gasteiger partial charge in [-0.05, 0) is 50.1 Å². The van der Waals surface area contributed by atoms with Crippen LogP contribution in [0.3, 0.4) is 0 Å². The van der Waals surface area contributed by atoms with Crippen molar-refractivity contribution in [3.8, 4) is 0 Å². The standard InChI is InChI=1S/C15H14N2/c1-9-7-12-8-10(2)13-5-4-6-16-15(13)14(12)17-11(9)3/h4-8H,1-3H3. The summed E-state index contributed by atoms with van der Waals surface area (Å²) in [6, 6.07) is 8.47. The lowest BCUT2D eigenvalue weighted by molar-refractivity contribution is 1.19. The van der Waals surface area contributed by atoms with Crippen LogP contribution in [0.4, 0.5) is 0 Å². The fraction of sp³-hybridized carbons (Fsp3) is 0.200. The van der Waals surface area contributed by atoms with Gasteiger partial charge >= 0.3 is 0 Å². The molecule has 84 valence electrons. The Morgan fingerprint density at radius 1 is 0.941 bits per heavy atom. The van der Waals surface area contributed by atoms with Crippen LogP contribution in [0.25, 0.3) is 21.8 Å². The van der Waals surface area contributed by atoms with Crippen LogP contribution in [0.1, 0.15) is 16.8 Å². The smallest absolute Gasteiger partial charge is 0.0968 e. The summed E-state index contributed by atoms with van der Waals surface area (Å²) in [4.78, 5) is 9.16. The van der Waals surface area contributed by atoms with Gasteiger partial charge in [0.1, 0.15) is 0 Å². The minimum absolute atomic E-state index is 1.01. The zero-order valence-electron chi connectivity index (χ0n) is 10.3. The fourth-order valence-electron chi connectivity index (χ4n) is 2.25. The number of pyridine rings is 2. The molecule has 0 bridgehead atoms. The summed E-state index contributed by atoms with van der Waals surface area (Å²) >= 11 is 0. The first-order valence-electron chi connectivity index (χ1n) is 5.79. The van der Waals surface area contributed by atoms with Crippen molar-refractivity contribution < 1.29 is 0 Å². The highest BCUT2D eigenvalue weighted by Gasteiger charge is 2.07. The fourth-order valence-corrected chi connectivity index (χ4v) is 2.25. The minimum atomic E-state index is 1.01. The minimum Gasteiger partial charge on any atom is -0.254 e. The van der Waals surface area contributed by atoms with E-state index in [1.165, 1.54) is 21.9 Å². The number of rotatable bonds is 0. The molecule has 0 spiro atoms. The Kier molecular flexibility index (Phi) is 2.11. The number of hydrogen-bond acceptors (Lipinski definition) is 2. The number of aryl methyl sites for hydroxylation is 3. The van der Waals surface area contributed by atoms with Crippen LogP contribution in [-0.2, 0) is 0 Å². The third kappa shape index (κ3) is 1.48. The lowest BCUT2D eigenvalue weighted by Crippen LogP contribution is -1.92. The molecular formula is C15H14N2. The highest BCUT2D eigenvalue weighted by Crippen LogP contribution is 2.26. The maximum atomic E-state index is 4.68. The molecule has 0 saturated carbocycles. The Bertz CT molecular complexity index is 730. The van der Waals surface area contributed by atoms with Gasteiger partial charge in [-0.2, -0.15) is 0 Å². The van der Waals surface area contributed by atoms with Gasteiger partial charge < -0.3 is 0 Å². The summed E-state index contributed by atoms with van der Waals surface area (Å²) in [6.07, 6.45) is 1.83. The molecule has 0 unspecified atom stereocenters. The van der Waals surface area contributed by atoms with E-state index in [0.717, 1.165) is 16.7 Å². The summed E-state index contributed by atoms with van der Waals surface area (Å²) in [5.41, 5.74) is 5.58. The molecule has 2 heterocycles. The summed E-state index contributed by atoms with van der Waals surface area (Å²) < 4.78 is 0. The first-order valence-corrected chi connectivity index (χ1v) is 5.79. The molecule has 0 atom stereocenters. The second-order valence-electron chi connectivity index (χ2n) is 4.56. The van der Waals surface area contributed by atoms with E-state index in [4.69, 9.17) is 0 Å². The van der Waals surface area contributed by atoms with Crippen LogP contribution in [-0.4, -0.2) is 9.97 Å². The van der Waals surface area contributed by atoms with Gasteiger partial charge in [-0.15, -0.1) is 0 Å². The molecule has 1 aromatic carbocycles. The van der Waals surface area contributed by atoms with Gasteiger partial charge in [0, 0.05) is 22.7 Å². The van der Waals surface area contributed by atoms with Crippen molar-refractivity contribution in [3.63, 3.8) is 0 Å². The van der Waals surface area contributed by atoms with Gasteiger partial charge in [-0.25, -0.2) is 0 Å². The first-order chi connectivity index (χ1) is 8.16. The molecule has 3 aromatic rings. The monoisotopic (exact) mass is 222 g/mol. The Hall–Kier alpha value is -1.96. The van der Waals surface area contributed by atoms with Crippen molar-refractivity contribution in [3.05, 3.63) is 47.3 Å². The largest absolute Gasteiger partial charge is 0.254 e. The number of fused-ring (bicyclic) bond motifs is 3. The van der Waals surface area contributed by atoms with E-state index < -0.39 is 0 Å². The predicted octanol–water partition coefficient (Wildman–Crippen LogP) is 3.71. The van der Waals surface area contributed by atoms with Crippen molar-refractivity contribution in [1.29, 1.82) is 0 Å². The van der Waals surface area contributed by atoms with E-state index >= 15 is 0 Å². The first kappa shape index (κ1) is 10.2. The van der Waals surface area contributed by atoms with E-state index in [2.05, 4.69) is 42.0 Å². The van der Waals surface area contributed by atoms with Crippen molar-refractivity contribution >= 4 is 21.8 Å². The molecule has 0 N–H and O–H groups in total. The summed E-state index contributed by atoms with van der Waals surface area (Å²) in [6.45, 7) is 6.27. The van der Waals surface area contributed by atoms with E-state index in [9.17, 15) is 0 Å². The Morgan fingerprint density at radius 2 is 1.71 bits per heavy atom. The van der Waals surface area contributed by atoms with Crippen molar-refractivity contribution in [2.75, 3.05) is 0 Å². The summed E-state index contributed by atoms with van der Waals surface area (Å²) in [7, 11) is 0. The van der Waals surface area contributed by atoms with E-state index in [-0.39, 0.29) is 0 Å². The molecular weight excluding hydrogens is 208 g/mol. The molecule has 17 heavy (non-hydrogen) atoms. The van der Waals surface area contributed by atoms with Gasteiger partial charge in [0.05, 0.1) is 11.0 Å². The molecule has 2 heteroatoms.